The van der Waals surface area contributed by atoms with E-state index in [-0.39, 0.29) is 0 Å². The van der Waals surface area contributed by atoms with Crippen molar-refractivity contribution in [2.75, 3.05) is 32.2 Å². The molecule has 1 aromatic rings. The number of hydrogen-bond acceptors (Lipinski definition) is 6. The Morgan fingerprint density at radius 1 is 1.46 bits per heavy atom. The lowest BCUT2D eigenvalue weighted by Crippen LogP contribution is -2.33. The molecular formula is C7H15N5O. The third kappa shape index (κ3) is 3.39. The number of hydrazine groups is 1. The van der Waals surface area contributed by atoms with Crippen molar-refractivity contribution in [1.29, 1.82) is 0 Å². The third-order valence-corrected chi connectivity index (χ3v) is 1.60. The normalized spacial score (nSPS) is 10.8. The predicted molar refractivity (Wildman–Crippen MR) is 49.0 cm³/mol. The Labute approximate surface area is 77.3 Å². The summed E-state index contributed by atoms with van der Waals surface area (Å²) in [4.78, 5) is 5.92. The van der Waals surface area contributed by atoms with Gasteiger partial charge in [-0.25, -0.2) is 5.84 Å². The summed E-state index contributed by atoms with van der Waals surface area (Å²) < 4.78 is 4.78. The Morgan fingerprint density at radius 3 is 2.77 bits per heavy atom. The molecule has 6 nitrogen and oxygen atoms in total. The number of rotatable bonds is 5. The third-order valence-electron chi connectivity index (χ3n) is 1.60. The molecule has 0 saturated carbocycles. The minimum absolute atomic E-state index is 0.360. The fourth-order valence-electron chi connectivity index (χ4n) is 0.947. The molecule has 0 aliphatic heterocycles. The smallest absolute Gasteiger partial charge is 0.314 e. The molecule has 13 heavy (non-hydrogen) atoms. The van der Waals surface area contributed by atoms with Crippen molar-refractivity contribution >= 4 is 6.01 Å². The van der Waals surface area contributed by atoms with E-state index in [1.165, 1.54) is 11.3 Å². The van der Waals surface area contributed by atoms with E-state index in [0.29, 0.717) is 12.6 Å². The number of nitrogens with two attached hydrogens (primary N) is 1. The average Bonchev–Trinajstić information content (AvgIpc) is 2.55. The Morgan fingerprint density at radius 2 is 2.23 bits per heavy atom. The zero-order valence-corrected chi connectivity index (χ0v) is 7.97. The highest BCUT2D eigenvalue weighted by atomic mass is 16.5. The number of nitrogens with zero attached hydrogens (tertiary/aromatic N) is 4. The van der Waals surface area contributed by atoms with Gasteiger partial charge >= 0.3 is 6.01 Å². The fraction of sp³-hybridized carbons (Fsp3) is 0.714. The van der Waals surface area contributed by atoms with Crippen molar-refractivity contribution in [3.8, 4) is 0 Å². The van der Waals surface area contributed by atoms with Gasteiger partial charge in [0.15, 0.2) is 6.33 Å². The molecule has 0 fully saturated rings. The molecule has 0 aliphatic rings. The van der Waals surface area contributed by atoms with Gasteiger partial charge in [0, 0.05) is 6.54 Å². The minimum Gasteiger partial charge on any atom is -0.314 e. The molecule has 0 amide bonds. The van der Waals surface area contributed by atoms with Gasteiger partial charge in [-0.05, 0) is 27.1 Å². The standard InChI is InChI=1S/C7H15N5O/c1-11(2)4-3-5-12(8)7-9-6-10-13-7/h6H,3-5,8H2,1-2H3. The molecule has 0 atom stereocenters. The number of hydrogen-bond donors (Lipinski definition) is 1. The summed E-state index contributed by atoms with van der Waals surface area (Å²) in [6.45, 7) is 1.70. The van der Waals surface area contributed by atoms with E-state index < -0.39 is 0 Å². The Balaban J connectivity index is 2.22. The molecule has 0 aliphatic carbocycles. The van der Waals surface area contributed by atoms with Gasteiger partial charge in [-0.2, -0.15) is 4.98 Å². The lowest BCUT2D eigenvalue weighted by atomic mass is 10.4. The second-order valence-corrected chi connectivity index (χ2v) is 3.07. The van der Waals surface area contributed by atoms with Gasteiger partial charge in [0.2, 0.25) is 0 Å². The highest BCUT2D eigenvalue weighted by Crippen LogP contribution is 2.03. The molecular weight excluding hydrogens is 170 g/mol. The Bertz CT molecular complexity index is 223. The van der Waals surface area contributed by atoms with Crippen LogP contribution in [0.15, 0.2) is 10.9 Å². The summed E-state index contributed by atoms with van der Waals surface area (Å²) in [5.41, 5.74) is 0. The van der Waals surface area contributed by atoms with Crippen LogP contribution in [-0.4, -0.2) is 42.2 Å². The van der Waals surface area contributed by atoms with Crippen LogP contribution < -0.4 is 10.9 Å². The van der Waals surface area contributed by atoms with Crippen LogP contribution in [0.3, 0.4) is 0 Å². The molecule has 0 aromatic carbocycles. The maximum absolute atomic E-state index is 5.64. The fourth-order valence-corrected chi connectivity index (χ4v) is 0.947. The van der Waals surface area contributed by atoms with Gasteiger partial charge in [-0.3, -0.25) is 5.01 Å². The Kier molecular flexibility index (Phi) is 3.66. The maximum Gasteiger partial charge on any atom is 0.337 e. The van der Waals surface area contributed by atoms with Crippen LogP contribution in [-0.2, 0) is 0 Å². The molecule has 1 aromatic heterocycles. The van der Waals surface area contributed by atoms with Crippen LogP contribution in [0.4, 0.5) is 6.01 Å². The second-order valence-electron chi connectivity index (χ2n) is 3.07. The van der Waals surface area contributed by atoms with Gasteiger partial charge in [0.25, 0.3) is 0 Å². The van der Waals surface area contributed by atoms with Gasteiger partial charge in [0.1, 0.15) is 0 Å². The van der Waals surface area contributed by atoms with Gasteiger partial charge < -0.3 is 9.42 Å². The molecule has 0 spiro atoms. The average molecular weight is 185 g/mol. The largest absolute Gasteiger partial charge is 0.337 e. The lowest BCUT2D eigenvalue weighted by Gasteiger charge is -2.14. The molecule has 0 saturated heterocycles. The predicted octanol–water partition coefficient (Wildman–Crippen LogP) is -0.299. The van der Waals surface area contributed by atoms with E-state index >= 15 is 0 Å². The van der Waals surface area contributed by atoms with E-state index in [1.807, 2.05) is 14.1 Å². The van der Waals surface area contributed by atoms with E-state index in [0.717, 1.165) is 13.0 Å². The van der Waals surface area contributed by atoms with Gasteiger partial charge in [-0.15, -0.1) is 0 Å². The first kappa shape index (κ1) is 9.94. The SMILES string of the molecule is CN(C)CCCN(N)c1ncno1. The second kappa shape index (κ2) is 4.78. The summed E-state index contributed by atoms with van der Waals surface area (Å²) in [5, 5.41) is 4.92. The molecule has 6 heteroatoms. The Hall–Kier alpha value is -1.14. The van der Waals surface area contributed by atoms with Crippen LogP contribution in [0, 0.1) is 0 Å². The van der Waals surface area contributed by atoms with E-state index in [1.54, 1.807) is 0 Å². The maximum atomic E-state index is 5.64. The van der Waals surface area contributed by atoms with Crippen molar-refractivity contribution < 1.29 is 4.52 Å². The number of anilines is 1. The van der Waals surface area contributed by atoms with Gasteiger partial charge in [0.05, 0.1) is 0 Å². The van der Waals surface area contributed by atoms with Crippen molar-refractivity contribution in [1.82, 2.24) is 15.0 Å². The summed E-state index contributed by atoms with van der Waals surface area (Å²) in [6.07, 6.45) is 2.30. The summed E-state index contributed by atoms with van der Waals surface area (Å²) in [5.74, 6) is 5.64. The molecule has 1 heterocycles. The summed E-state index contributed by atoms with van der Waals surface area (Å²) >= 11 is 0. The molecule has 0 bridgehead atoms. The summed E-state index contributed by atoms with van der Waals surface area (Å²) in [6, 6.07) is 0.360. The minimum atomic E-state index is 0.360. The van der Waals surface area contributed by atoms with Crippen LogP contribution in [0.25, 0.3) is 0 Å². The highest BCUT2D eigenvalue weighted by Gasteiger charge is 2.05. The lowest BCUT2D eigenvalue weighted by molar-refractivity contribution is 0.387. The van der Waals surface area contributed by atoms with E-state index in [9.17, 15) is 0 Å². The van der Waals surface area contributed by atoms with E-state index in [2.05, 4.69) is 15.0 Å². The topological polar surface area (TPSA) is 71.4 Å². The quantitative estimate of drug-likeness (QED) is 0.501. The molecule has 2 N–H and O–H groups in total. The van der Waals surface area contributed by atoms with Crippen molar-refractivity contribution in [2.24, 2.45) is 5.84 Å². The van der Waals surface area contributed by atoms with Crippen LogP contribution in [0.5, 0.6) is 0 Å². The first-order valence-electron chi connectivity index (χ1n) is 4.14. The molecule has 74 valence electrons. The molecule has 1 rings (SSSR count). The first-order chi connectivity index (χ1) is 6.20. The first-order valence-corrected chi connectivity index (χ1v) is 4.14. The molecule has 0 unspecified atom stereocenters. The zero-order chi connectivity index (χ0) is 9.68. The molecule has 0 radical (unpaired) electrons. The van der Waals surface area contributed by atoms with Crippen LogP contribution in [0.1, 0.15) is 6.42 Å². The van der Waals surface area contributed by atoms with Gasteiger partial charge in [-0.1, -0.05) is 5.16 Å². The monoisotopic (exact) mass is 185 g/mol. The van der Waals surface area contributed by atoms with Crippen molar-refractivity contribution in [3.63, 3.8) is 0 Å². The summed E-state index contributed by atoms with van der Waals surface area (Å²) in [7, 11) is 4.04. The highest BCUT2D eigenvalue weighted by molar-refractivity contribution is 5.18. The zero-order valence-electron chi connectivity index (χ0n) is 7.97. The van der Waals surface area contributed by atoms with Crippen molar-refractivity contribution in [2.45, 2.75) is 6.42 Å². The van der Waals surface area contributed by atoms with Crippen molar-refractivity contribution in [3.05, 3.63) is 6.33 Å². The number of aromatic nitrogens is 2. The van der Waals surface area contributed by atoms with Crippen LogP contribution >= 0.6 is 0 Å². The van der Waals surface area contributed by atoms with Crippen LogP contribution in [0.2, 0.25) is 0 Å². The van der Waals surface area contributed by atoms with E-state index in [4.69, 9.17) is 10.4 Å².